The Hall–Kier alpha value is -1.41. The van der Waals surface area contributed by atoms with Crippen LogP contribution >= 0.6 is 15.9 Å². The number of carbonyl (C=O) groups is 1. The van der Waals surface area contributed by atoms with Crippen LogP contribution in [0.25, 0.3) is 0 Å². The van der Waals surface area contributed by atoms with Crippen molar-refractivity contribution in [1.29, 1.82) is 5.26 Å². The zero-order valence-corrected chi connectivity index (χ0v) is 11.3. The van der Waals surface area contributed by atoms with Crippen LogP contribution in [0.1, 0.15) is 23.2 Å². The van der Waals surface area contributed by atoms with Crippen molar-refractivity contribution in [2.45, 2.75) is 12.8 Å². The van der Waals surface area contributed by atoms with E-state index >= 15 is 0 Å². The molecule has 0 spiro atoms. The molecule has 0 radical (unpaired) electrons. The Bertz CT molecular complexity index is 512. The van der Waals surface area contributed by atoms with Crippen LogP contribution in [-0.2, 0) is 0 Å². The van der Waals surface area contributed by atoms with Crippen LogP contribution in [0.2, 0.25) is 0 Å². The molecule has 1 saturated heterocycles. The quantitative estimate of drug-likeness (QED) is 0.800. The second-order valence-electron chi connectivity index (χ2n) is 4.34. The Kier molecular flexibility index (Phi) is 3.97. The van der Waals surface area contributed by atoms with E-state index in [4.69, 9.17) is 5.26 Å². The van der Waals surface area contributed by atoms with Gasteiger partial charge in [-0.2, -0.15) is 5.26 Å². The predicted molar refractivity (Wildman–Crippen MR) is 68.3 cm³/mol. The van der Waals surface area contributed by atoms with Gasteiger partial charge in [-0.3, -0.25) is 4.79 Å². The van der Waals surface area contributed by atoms with Gasteiger partial charge in [-0.1, -0.05) is 15.9 Å². The number of halogens is 2. The second kappa shape index (κ2) is 5.49. The number of benzene rings is 1. The van der Waals surface area contributed by atoms with Crippen molar-refractivity contribution in [3.63, 3.8) is 0 Å². The molecule has 18 heavy (non-hydrogen) atoms. The highest BCUT2D eigenvalue weighted by Crippen LogP contribution is 2.21. The van der Waals surface area contributed by atoms with Gasteiger partial charge in [0.15, 0.2) is 0 Å². The van der Waals surface area contributed by atoms with E-state index in [-0.39, 0.29) is 17.4 Å². The minimum Gasteiger partial charge on any atom is -0.337 e. The SMILES string of the molecule is N#CC1CCCN(C(=O)c2ccc(Br)cc2F)C1. The highest BCUT2D eigenvalue weighted by atomic mass is 79.9. The van der Waals surface area contributed by atoms with Crippen molar-refractivity contribution in [3.05, 3.63) is 34.1 Å². The number of likely N-dealkylation sites (tertiary alicyclic amines) is 1. The predicted octanol–water partition coefficient (Wildman–Crippen LogP) is 2.96. The molecule has 1 amide bonds. The number of nitrogens with zero attached hydrogens (tertiary/aromatic N) is 2. The molecule has 1 fully saturated rings. The summed E-state index contributed by atoms with van der Waals surface area (Å²) >= 11 is 3.15. The van der Waals surface area contributed by atoms with Crippen LogP contribution in [0.5, 0.6) is 0 Å². The molecule has 0 bridgehead atoms. The molecule has 1 heterocycles. The van der Waals surface area contributed by atoms with E-state index in [1.165, 1.54) is 12.1 Å². The molecule has 1 aliphatic heterocycles. The standard InChI is InChI=1S/C13H12BrFN2O/c14-10-3-4-11(12(15)6-10)13(18)17-5-1-2-9(7-16)8-17/h3-4,6,9H,1-2,5,8H2. The summed E-state index contributed by atoms with van der Waals surface area (Å²) in [5.74, 6) is -1.00. The van der Waals surface area contributed by atoms with Gasteiger partial charge < -0.3 is 4.90 Å². The lowest BCUT2D eigenvalue weighted by molar-refractivity contribution is 0.0694. The van der Waals surface area contributed by atoms with Gasteiger partial charge in [-0.05, 0) is 31.0 Å². The topological polar surface area (TPSA) is 44.1 Å². The highest BCUT2D eigenvalue weighted by molar-refractivity contribution is 9.10. The Balaban J connectivity index is 2.18. The average Bonchev–Trinajstić information content (AvgIpc) is 2.38. The van der Waals surface area contributed by atoms with E-state index in [1.807, 2.05) is 0 Å². The fourth-order valence-electron chi connectivity index (χ4n) is 2.10. The molecule has 0 aliphatic carbocycles. The van der Waals surface area contributed by atoms with Crippen molar-refractivity contribution in [2.75, 3.05) is 13.1 Å². The third kappa shape index (κ3) is 2.70. The Morgan fingerprint density at radius 3 is 3.00 bits per heavy atom. The third-order valence-electron chi connectivity index (χ3n) is 3.05. The van der Waals surface area contributed by atoms with Crippen molar-refractivity contribution in [1.82, 2.24) is 4.90 Å². The van der Waals surface area contributed by atoms with Crippen molar-refractivity contribution in [2.24, 2.45) is 5.92 Å². The maximum Gasteiger partial charge on any atom is 0.256 e. The molecule has 94 valence electrons. The Morgan fingerprint density at radius 1 is 1.56 bits per heavy atom. The number of rotatable bonds is 1. The van der Waals surface area contributed by atoms with E-state index in [0.717, 1.165) is 12.8 Å². The first kappa shape index (κ1) is 13.0. The smallest absolute Gasteiger partial charge is 0.256 e. The molecule has 1 unspecified atom stereocenters. The van der Waals surface area contributed by atoms with E-state index in [9.17, 15) is 9.18 Å². The zero-order valence-electron chi connectivity index (χ0n) is 9.70. The van der Waals surface area contributed by atoms with Crippen LogP contribution < -0.4 is 0 Å². The monoisotopic (exact) mass is 310 g/mol. The summed E-state index contributed by atoms with van der Waals surface area (Å²) in [6, 6.07) is 6.56. The molecular formula is C13H12BrFN2O. The lowest BCUT2D eigenvalue weighted by atomic mass is 9.99. The summed E-state index contributed by atoms with van der Waals surface area (Å²) in [7, 11) is 0. The van der Waals surface area contributed by atoms with Crippen LogP contribution in [0.3, 0.4) is 0 Å². The van der Waals surface area contributed by atoms with E-state index in [2.05, 4.69) is 22.0 Å². The molecule has 1 aliphatic rings. The first-order valence-electron chi connectivity index (χ1n) is 5.75. The average molecular weight is 311 g/mol. The zero-order chi connectivity index (χ0) is 13.1. The third-order valence-corrected chi connectivity index (χ3v) is 3.55. The molecule has 5 heteroatoms. The van der Waals surface area contributed by atoms with E-state index in [0.29, 0.717) is 17.6 Å². The first-order chi connectivity index (χ1) is 8.61. The van der Waals surface area contributed by atoms with Gasteiger partial charge >= 0.3 is 0 Å². The molecule has 1 aromatic carbocycles. The van der Waals surface area contributed by atoms with Crippen molar-refractivity contribution >= 4 is 21.8 Å². The fraction of sp³-hybridized carbons (Fsp3) is 0.385. The lowest BCUT2D eigenvalue weighted by Crippen LogP contribution is -2.39. The maximum atomic E-state index is 13.7. The Morgan fingerprint density at radius 2 is 2.33 bits per heavy atom. The van der Waals surface area contributed by atoms with Crippen LogP contribution in [0.15, 0.2) is 22.7 Å². The van der Waals surface area contributed by atoms with Gasteiger partial charge in [-0.25, -0.2) is 4.39 Å². The molecule has 0 N–H and O–H groups in total. The summed E-state index contributed by atoms with van der Waals surface area (Å²) in [5.41, 5.74) is 0.0665. The first-order valence-corrected chi connectivity index (χ1v) is 6.55. The Labute approximate surface area is 113 Å². The molecule has 1 aromatic rings. The summed E-state index contributed by atoms with van der Waals surface area (Å²) in [4.78, 5) is 13.7. The second-order valence-corrected chi connectivity index (χ2v) is 5.26. The van der Waals surface area contributed by atoms with Gasteiger partial charge in [0.2, 0.25) is 0 Å². The molecule has 0 aromatic heterocycles. The summed E-state index contributed by atoms with van der Waals surface area (Å²) in [6.07, 6.45) is 1.60. The number of carbonyl (C=O) groups excluding carboxylic acids is 1. The maximum absolute atomic E-state index is 13.7. The van der Waals surface area contributed by atoms with Gasteiger partial charge in [0.1, 0.15) is 5.82 Å². The summed E-state index contributed by atoms with van der Waals surface area (Å²) < 4.78 is 14.3. The minimum atomic E-state index is -0.534. The van der Waals surface area contributed by atoms with Crippen LogP contribution in [-0.4, -0.2) is 23.9 Å². The van der Waals surface area contributed by atoms with E-state index in [1.54, 1.807) is 11.0 Å². The lowest BCUT2D eigenvalue weighted by Gasteiger charge is -2.29. The highest BCUT2D eigenvalue weighted by Gasteiger charge is 2.25. The summed E-state index contributed by atoms with van der Waals surface area (Å²) in [6.45, 7) is 0.983. The largest absolute Gasteiger partial charge is 0.337 e. The molecule has 2 rings (SSSR count). The van der Waals surface area contributed by atoms with Gasteiger partial charge in [0.05, 0.1) is 17.6 Å². The number of hydrogen-bond donors (Lipinski definition) is 0. The van der Waals surface area contributed by atoms with Crippen LogP contribution in [0, 0.1) is 23.1 Å². The number of amides is 1. The summed E-state index contributed by atoms with van der Waals surface area (Å²) in [5, 5.41) is 8.88. The molecular weight excluding hydrogens is 299 g/mol. The number of piperidine rings is 1. The minimum absolute atomic E-state index is 0.0665. The molecule has 3 nitrogen and oxygen atoms in total. The van der Waals surface area contributed by atoms with Crippen molar-refractivity contribution < 1.29 is 9.18 Å². The van der Waals surface area contributed by atoms with E-state index < -0.39 is 5.82 Å². The number of nitriles is 1. The number of hydrogen-bond acceptors (Lipinski definition) is 2. The normalized spacial score (nSPS) is 19.4. The molecule has 1 atom stereocenters. The molecule has 0 saturated carbocycles. The fourth-order valence-corrected chi connectivity index (χ4v) is 2.43. The van der Waals surface area contributed by atoms with Crippen LogP contribution in [0.4, 0.5) is 4.39 Å². The van der Waals surface area contributed by atoms with Gasteiger partial charge in [0, 0.05) is 17.6 Å². The van der Waals surface area contributed by atoms with Gasteiger partial charge in [-0.15, -0.1) is 0 Å². The van der Waals surface area contributed by atoms with Crippen molar-refractivity contribution in [3.8, 4) is 6.07 Å². The van der Waals surface area contributed by atoms with Gasteiger partial charge in [0.25, 0.3) is 5.91 Å².